The van der Waals surface area contributed by atoms with E-state index in [0.717, 1.165) is 18.1 Å². The first-order valence-electron chi connectivity index (χ1n) is 10.0. The lowest BCUT2D eigenvalue weighted by Crippen LogP contribution is -1.98. The summed E-state index contributed by atoms with van der Waals surface area (Å²) >= 11 is 5.67. The van der Waals surface area contributed by atoms with Crippen LogP contribution in [0.15, 0.2) is 84.9 Å². The predicted octanol–water partition coefficient (Wildman–Crippen LogP) is 8.44. The van der Waals surface area contributed by atoms with E-state index < -0.39 is 17.5 Å². The van der Waals surface area contributed by atoms with E-state index in [1.807, 2.05) is 42.5 Å². The Kier molecular flexibility index (Phi) is 6.15. The summed E-state index contributed by atoms with van der Waals surface area (Å²) in [4.78, 5) is 0. The highest BCUT2D eigenvalue weighted by Crippen LogP contribution is 2.33. The van der Waals surface area contributed by atoms with Crippen molar-refractivity contribution in [3.8, 4) is 22.3 Å². The zero-order chi connectivity index (χ0) is 22.0. The number of rotatable bonds is 5. The summed E-state index contributed by atoms with van der Waals surface area (Å²) in [6.07, 6.45) is 0.869. The second-order valence-corrected chi connectivity index (χ2v) is 8.06. The van der Waals surface area contributed by atoms with E-state index in [1.54, 1.807) is 0 Å². The Morgan fingerprint density at radius 3 is 1.87 bits per heavy atom. The molecule has 1 atom stereocenters. The summed E-state index contributed by atoms with van der Waals surface area (Å²) < 4.78 is 43.2. The van der Waals surface area contributed by atoms with Crippen molar-refractivity contribution >= 4 is 11.6 Å². The van der Waals surface area contributed by atoms with Gasteiger partial charge in [0.05, 0.1) is 10.6 Å². The van der Waals surface area contributed by atoms with E-state index in [4.69, 9.17) is 11.6 Å². The van der Waals surface area contributed by atoms with E-state index >= 15 is 0 Å². The number of benzene rings is 4. The molecular weight excluding hydrogens is 417 g/mol. The fraction of sp³-hybridized carbons (Fsp3) is 0.111. The van der Waals surface area contributed by atoms with Gasteiger partial charge < -0.3 is 0 Å². The van der Waals surface area contributed by atoms with Crippen molar-refractivity contribution in [2.24, 2.45) is 0 Å². The van der Waals surface area contributed by atoms with Crippen LogP contribution < -0.4 is 0 Å². The molecule has 4 rings (SSSR count). The third kappa shape index (κ3) is 4.67. The summed E-state index contributed by atoms with van der Waals surface area (Å²) in [5.41, 5.74) is 3.39. The first-order chi connectivity index (χ1) is 14.9. The minimum atomic E-state index is -0.751. The zero-order valence-corrected chi connectivity index (χ0v) is 17.6. The van der Waals surface area contributed by atoms with Crippen LogP contribution in [-0.4, -0.2) is 0 Å². The summed E-state index contributed by atoms with van der Waals surface area (Å²) in [6, 6.07) is 24.2. The topological polar surface area (TPSA) is 0 Å². The maximum atomic E-state index is 14.8. The molecule has 0 aliphatic rings. The van der Waals surface area contributed by atoms with E-state index in [1.165, 1.54) is 29.8 Å². The first-order valence-corrected chi connectivity index (χ1v) is 10.4. The molecule has 0 bridgehead atoms. The van der Waals surface area contributed by atoms with Gasteiger partial charge in [-0.25, -0.2) is 13.2 Å². The second-order valence-electron chi connectivity index (χ2n) is 7.66. The SMILES string of the molecule is CC(Cc1ccc(-c2cc(F)c(-c3ccc(Cl)c(F)c3)c(F)c2)cc1)c1ccccc1. The van der Waals surface area contributed by atoms with E-state index in [2.05, 4.69) is 19.1 Å². The molecule has 4 aromatic rings. The Balaban J connectivity index is 1.58. The van der Waals surface area contributed by atoms with Gasteiger partial charge in [0.25, 0.3) is 0 Å². The maximum absolute atomic E-state index is 14.8. The van der Waals surface area contributed by atoms with Gasteiger partial charge in [0.2, 0.25) is 0 Å². The van der Waals surface area contributed by atoms with Crippen LogP contribution in [0, 0.1) is 17.5 Å². The van der Waals surface area contributed by atoms with Crippen LogP contribution >= 0.6 is 11.6 Å². The third-order valence-corrected chi connectivity index (χ3v) is 5.75. The molecule has 4 aromatic carbocycles. The molecule has 1 unspecified atom stereocenters. The smallest absolute Gasteiger partial charge is 0.142 e. The lowest BCUT2D eigenvalue weighted by Gasteiger charge is -2.13. The van der Waals surface area contributed by atoms with Gasteiger partial charge in [0, 0.05) is 0 Å². The highest BCUT2D eigenvalue weighted by molar-refractivity contribution is 6.30. The van der Waals surface area contributed by atoms with Crippen molar-refractivity contribution in [1.82, 2.24) is 0 Å². The fourth-order valence-corrected chi connectivity index (χ4v) is 3.87. The molecule has 0 aromatic heterocycles. The van der Waals surface area contributed by atoms with Crippen LogP contribution in [0.4, 0.5) is 13.2 Å². The quantitative estimate of drug-likeness (QED) is 0.294. The fourth-order valence-electron chi connectivity index (χ4n) is 3.75. The lowest BCUT2D eigenvalue weighted by atomic mass is 9.92. The molecule has 0 spiro atoms. The Morgan fingerprint density at radius 2 is 1.26 bits per heavy atom. The van der Waals surface area contributed by atoms with Crippen molar-refractivity contribution in [1.29, 1.82) is 0 Å². The van der Waals surface area contributed by atoms with E-state index in [9.17, 15) is 13.2 Å². The van der Waals surface area contributed by atoms with Gasteiger partial charge in [-0.2, -0.15) is 0 Å². The first kappa shape index (κ1) is 21.2. The number of halogens is 4. The Hall–Kier alpha value is -3.04. The molecule has 0 radical (unpaired) electrons. The molecule has 0 fully saturated rings. The Bertz CT molecular complexity index is 1180. The summed E-state index contributed by atoms with van der Waals surface area (Å²) in [5, 5.41) is -0.0946. The Labute approximate surface area is 184 Å². The average Bonchev–Trinajstić information content (AvgIpc) is 2.77. The molecule has 4 heteroatoms. The van der Waals surface area contributed by atoms with Crippen LogP contribution in [0.3, 0.4) is 0 Å². The van der Waals surface area contributed by atoms with Gasteiger partial charge in [-0.3, -0.25) is 0 Å². The zero-order valence-electron chi connectivity index (χ0n) is 16.9. The van der Waals surface area contributed by atoms with Gasteiger partial charge in [-0.1, -0.05) is 79.2 Å². The molecule has 0 saturated heterocycles. The lowest BCUT2D eigenvalue weighted by molar-refractivity contribution is 0.589. The van der Waals surface area contributed by atoms with Crippen molar-refractivity contribution in [3.63, 3.8) is 0 Å². The molecule has 0 heterocycles. The molecule has 0 saturated carbocycles. The molecule has 0 nitrogen and oxygen atoms in total. The molecule has 0 aliphatic heterocycles. The van der Waals surface area contributed by atoms with Gasteiger partial charge >= 0.3 is 0 Å². The van der Waals surface area contributed by atoms with Crippen LogP contribution in [0.5, 0.6) is 0 Å². The monoisotopic (exact) mass is 436 g/mol. The largest absolute Gasteiger partial charge is 0.206 e. The maximum Gasteiger partial charge on any atom is 0.142 e. The van der Waals surface area contributed by atoms with E-state index in [-0.39, 0.29) is 16.1 Å². The third-order valence-electron chi connectivity index (χ3n) is 5.45. The van der Waals surface area contributed by atoms with Crippen molar-refractivity contribution in [2.75, 3.05) is 0 Å². The van der Waals surface area contributed by atoms with Crippen molar-refractivity contribution < 1.29 is 13.2 Å². The highest BCUT2D eigenvalue weighted by Gasteiger charge is 2.16. The highest BCUT2D eigenvalue weighted by atomic mass is 35.5. The second kappa shape index (κ2) is 8.99. The Morgan fingerprint density at radius 1 is 0.677 bits per heavy atom. The number of hydrogen-bond donors (Lipinski definition) is 0. The molecule has 0 aliphatic carbocycles. The van der Waals surface area contributed by atoms with Crippen molar-refractivity contribution in [2.45, 2.75) is 19.3 Å². The van der Waals surface area contributed by atoms with Gasteiger partial charge in [-0.05, 0) is 64.4 Å². The minimum absolute atomic E-state index is 0.0946. The normalized spacial score (nSPS) is 12.0. The summed E-state index contributed by atoms with van der Waals surface area (Å²) in [6.45, 7) is 2.17. The minimum Gasteiger partial charge on any atom is -0.206 e. The van der Waals surface area contributed by atoms with Crippen LogP contribution in [0.1, 0.15) is 24.0 Å². The van der Waals surface area contributed by atoms with Crippen LogP contribution in [-0.2, 0) is 6.42 Å². The van der Waals surface area contributed by atoms with Gasteiger partial charge in [0.1, 0.15) is 17.5 Å². The van der Waals surface area contributed by atoms with Crippen molar-refractivity contribution in [3.05, 3.63) is 119 Å². The van der Waals surface area contributed by atoms with Gasteiger partial charge in [0.15, 0.2) is 0 Å². The van der Waals surface area contributed by atoms with Gasteiger partial charge in [-0.15, -0.1) is 0 Å². The van der Waals surface area contributed by atoms with E-state index in [0.29, 0.717) is 17.0 Å². The predicted molar refractivity (Wildman–Crippen MR) is 121 cm³/mol. The number of hydrogen-bond acceptors (Lipinski definition) is 0. The molecule has 0 amide bonds. The van der Waals surface area contributed by atoms with Crippen LogP contribution in [0.2, 0.25) is 5.02 Å². The van der Waals surface area contributed by atoms with Crippen LogP contribution in [0.25, 0.3) is 22.3 Å². The summed E-state index contributed by atoms with van der Waals surface area (Å²) in [7, 11) is 0. The molecule has 31 heavy (non-hydrogen) atoms. The standard InChI is InChI=1S/C27H20ClF3/c1-17(19-5-3-2-4-6-19)13-18-7-9-20(10-8-18)22-15-25(30)27(26(31)16-22)21-11-12-23(28)24(29)14-21/h2-12,14-17H,13H2,1H3. The molecule has 156 valence electrons. The molecular formula is C27H20ClF3. The molecule has 0 N–H and O–H groups in total. The summed E-state index contributed by atoms with van der Waals surface area (Å²) in [5.74, 6) is -1.86. The average molecular weight is 437 g/mol.